The molecule has 6 nitrogen and oxygen atoms in total. The van der Waals surface area contributed by atoms with Crippen LogP contribution in [0.1, 0.15) is 6.42 Å². The molecule has 1 unspecified atom stereocenters. The van der Waals surface area contributed by atoms with Crippen LogP contribution in [0.25, 0.3) is 11.3 Å². The van der Waals surface area contributed by atoms with Crippen LogP contribution < -0.4 is 10.9 Å². The fraction of sp³-hybridized carbons (Fsp3) is 0.400. The highest BCUT2D eigenvalue weighted by Gasteiger charge is 2.20. The van der Waals surface area contributed by atoms with Gasteiger partial charge in [0.2, 0.25) is 5.95 Å². The number of nitrogens with zero attached hydrogens (tertiary/aromatic N) is 4. The Hall–Kier alpha value is -2.21. The van der Waals surface area contributed by atoms with Crippen LogP contribution in [0.15, 0.2) is 35.4 Å². The smallest absolute Gasteiger partial charge is 0.255 e. The molecule has 0 spiro atoms. The lowest BCUT2D eigenvalue weighted by Crippen LogP contribution is -2.29. The number of likely N-dealkylation sites (tertiary alicyclic amines) is 1. The molecule has 3 heterocycles. The summed E-state index contributed by atoms with van der Waals surface area (Å²) in [6, 6.07) is 5.60. The summed E-state index contributed by atoms with van der Waals surface area (Å²) in [6.45, 7) is 2.03. The zero-order valence-corrected chi connectivity index (χ0v) is 12.3. The van der Waals surface area contributed by atoms with E-state index < -0.39 is 0 Å². The minimum absolute atomic E-state index is 0.0642. The van der Waals surface area contributed by atoms with E-state index in [0.29, 0.717) is 17.7 Å². The Morgan fingerprint density at radius 1 is 1.29 bits per heavy atom. The number of anilines is 1. The summed E-state index contributed by atoms with van der Waals surface area (Å²) in [7, 11) is 3.84. The SMILES string of the molecule is CN1CCC(Nc2nc(-c3ccncc3)cc(=O)n2C)C1. The van der Waals surface area contributed by atoms with Gasteiger partial charge in [-0.25, -0.2) is 4.98 Å². The molecule has 1 aliphatic heterocycles. The molecule has 0 saturated carbocycles. The molecular weight excluding hydrogens is 266 g/mol. The zero-order valence-electron chi connectivity index (χ0n) is 12.3. The number of hydrogen-bond donors (Lipinski definition) is 1. The standard InChI is InChI=1S/C15H19N5O/c1-19-8-5-12(10-19)17-15-18-13(9-14(21)20(15)2)11-3-6-16-7-4-11/h3-4,6-7,9,12H,5,8,10H2,1-2H3,(H,17,18). The van der Waals surface area contributed by atoms with E-state index in [4.69, 9.17) is 0 Å². The van der Waals surface area contributed by atoms with Crippen LogP contribution in [0.2, 0.25) is 0 Å². The Labute approximate surface area is 123 Å². The van der Waals surface area contributed by atoms with E-state index in [0.717, 1.165) is 25.1 Å². The molecule has 3 rings (SSSR count). The predicted molar refractivity (Wildman–Crippen MR) is 82.2 cm³/mol. The van der Waals surface area contributed by atoms with Crippen LogP contribution in [0, 0.1) is 0 Å². The van der Waals surface area contributed by atoms with Crippen molar-refractivity contribution in [2.45, 2.75) is 12.5 Å². The number of rotatable bonds is 3. The van der Waals surface area contributed by atoms with Crippen molar-refractivity contribution < 1.29 is 0 Å². The van der Waals surface area contributed by atoms with Crippen molar-refractivity contribution in [2.75, 3.05) is 25.5 Å². The quantitative estimate of drug-likeness (QED) is 0.910. The molecule has 2 aromatic heterocycles. The van der Waals surface area contributed by atoms with E-state index in [-0.39, 0.29) is 5.56 Å². The lowest BCUT2D eigenvalue weighted by molar-refractivity contribution is 0.413. The third kappa shape index (κ3) is 2.95. The van der Waals surface area contributed by atoms with E-state index in [1.54, 1.807) is 30.1 Å². The predicted octanol–water partition coefficient (Wildman–Crippen LogP) is 0.958. The van der Waals surface area contributed by atoms with Crippen molar-refractivity contribution in [3.05, 3.63) is 40.9 Å². The molecule has 1 atom stereocenters. The third-order valence-corrected chi connectivity index (χ3v) is 3.84. The first kappa shape index (κ1) is 13.8. The van der Waals surface area contributed by atoms with Crippen molar-refractivity contribution in [2.24, 2.45) is 7.05 Å². The molecule has 2 aromatic rings. The van der Waals surface area contributed by atoms with E-state index in [1.165, 1.54) is 0 Å². The van der Waals surface area contributed by atoms with Gasteiger partial charge in [-0.05, 0) is 32.1 Å². The van der Waals surface area contributed by atoms with Gasteiger partial charge in [-0.15, -0.1) is 0 Å². The topological polar surface area (TPSA) is 63.0 Å². The fourth-order valence-electron chi connectivity index (χ4n) is 2.57. The first-order valence-corrected chi connectivity index (χ1v) is 7.07. The number of aromatic nitrogens is 3. The highest BCUT2D eigenvalue weighted by molar-refractivity contribution is 5.59. The van der Waals surface area contributed by atoms with Crippen LogP contribution in [0.5, 0.6) is 0 Å². The number of pyridine rings is 1. The van der Waals surface area contributed by atoms with Crippen LogP contribution in [-0.4, -0.2) is 45.6 Å². The zero-order chi connectivity index (χ0) is 14.8. The second-order valence-corrected chi connectivity index (χ2v) is 5.49. The van der Waals surface area contributed by atoms with Crippen molar-refractivity contribution in [1.29, 1.82) is 0 Å². The van der Waals surface area contributed by atoms with Gasteiger partial charge in [-0.2, -0.15) is 0 Å². The van der Waals surface area contributed by atoms with Crippen molar-refractivity contribution in [3.63, 3.8) is 0 Å². The molecule has 6 heteroatoms. The summed E-state index contributed by atoms with van der Waals surface area (Å²) < 4.78 is 1.56. The van der Waals surface area contributed by atoms with Gasteiger partial charge in [0.1, 0.15) is 0 Å². The summed E-state index contributed by atoms with van der Waals surface area (Å²) >= 11 is 0. The van der Waals surface area contributed by atoms with Gasteiger partial charge in [-0.1, -0.05) is 0 Å². The Morgan fingerprint density at radius 3 is 2.71 bits per heavy atom. The Kier molecular flexibility index (Phi) is 3.70. The van der Waals surface area contributed by atoms with Crippen LogP contribution >= 0.6 is 0 Å². The molecule has 1 N–H and O–H groups in total. The molecule has 1 aliphatic rings. The van der Waals surface area contributed by atoms with E-state index >= 15 is 0 Å². The summed E-state index contributed by atoms with van der Waals surface area (Å²) in [5.74, 6) is 0.620. The van der Waals surface area contributed by atoms with Gasteiger partial charge >= 0.3 is 0 Å². The molecule has 0 aliphatic carbocycles. The minimum atomic E-state index is -0.0642. The molecule has 21 heavy (non-hydrogen) atoms. The van der Waals surface area contributed by atoms with Gasteiger partial charge in [0.05, 0.1) is 5.69 Å². The molecule has 0 bridgehead atoms. The van der Waals surface area contributed by atoms with E-state index in [2.05, 4.69) is 27.2 Å². The average molecular weight is 285 g/mol. The molecule has 1 fully saturated rings. The molecule has 0 aromatic carbocycles. The largest absolute Gasteiger partial charge is 0.351 e. The first-order chi connectivity index (χ1) is 10.1. The van der Waals surface area contributed by atoms with Gasteiger partial charge in [0, 0.05) is 43.7 Å². The number of hydrogen-bond acceptors (Lipinski definition) is 5. The fourth-order valence-corrected chi connectivity index (χ4v) is 2.57. The van der Waals surface area contributed by atoms with Crippen molar-refractivity contribution in [3.8, 4) is 11.3 Å². The summed E-state index contributed by atoms with van der Waals surface area (Å²) in [5.41, 5.74) is 1.51. The summed E-state index contributed by atoms with van der Waals surface area (Å²) in [4.78, 5) is 23.0. The van der Waals surface area contributed by atoms with E-state index in [1.807, 2.05) is 12.1 Å². The van der Waals surface area contributed by atoms with Crippen molar-refractivity contribution >= 4 is 5.95 Å². The average Bonchev–Trinajstić information content (AvgIpc) is 2.90. The van der Waals surface area contributed by atoms with Crippen LogP contribution in [-0.2, 0) is 7.05 Å². The highest BCUT2D eigenvalue weighted by Crippen LogP contribution is 2.17. The van der Waals surface area contributed by atoms with Crippen molar-refractivity contribution in [1.82, 2.24) is 19.4 Å². The molecule has 1 saturated heterocycles. The monoisotopic (exact) mass is 285 g/mol. The normalized spacial score (nSPS) is 18.9. The Bertz CT molecular complexity index is 682. The summed E-state index contributed by atoms with van der Waals surface area (Å²) in [6.07, 6.45) is 4.47. The number of nitrogens with one attached hydrogen (secondary N) is 1. The van der Waals surface area contributed by atoms with E-state index in [9.17, 15) is 4.79 Å². The maximum Gasteiger partial charge on any atom is 0.255 e. The maximum atomic E-state index is 12.1. The summed E-state index contributed by atoms with van der Waals surface area (Å²) in [5, 5.41) is 3.39. The van der Waals surface area contributed by atoms with Gasteiger partial charge in [-0.3, -0.25) is 14.3 Å². The molecule has 0 amide bonds. The lowest BCUT2D eigenvalue weighted by atomic mass is 10.2. The molecule has 0 radical (unpaired) electrons. The highest BCUT2D eigenvalue weighted by atomic mass is 16.1. The maximum absolute atomic E-state index is 12.1. The molecule has 110 valence electrons. The van der Waals surface area contributed by atoms with Crippen LogP contribution in [0.3, 0.4) is 0 Å². The van der Waals surface area contributed by atoms with Crippen LogP contribution in [0.4, 0.5) is 5.95 Å². The lowest BCUT2D eigenvalue weighted by Gasteiger charge is -2.16. The third-order valence-electron chi connectivity index (χ3n) is 3.84. The van der Waals surface area contributed by atoms with Gasteiger partial charge < -0.3 is 10.2 Å². The Balaban J connectivity index is 1.93. The second-order valence-electron chi connectivity index (χ2n) is 5.49. The molecular formula is C15H19N5O. The second kappa shape index (κ2) is 5.65. The first-order valence-electron chi connectivity index (χ1n) is 7.07. The number of likely N-dealkylation sites (N-methyl/N-ethyl adjacent to an activating group) is 1. The van der Waals surface area contributed by atoms with Gasteiger partial charge in [0.15, 0.2) is 0 Å². The van der Waals surface area contributed by atoms with Gasteiger partial charge in [0.25, 0.3) is 5.56 Å². The minimum Gasteiger partial charge on any atom is -0.351 e. The Morgan fingerprint density at radius 2 is 2.05 bits per heavy atom.